The minimum atomic E-state index is 0.265. The normalized spacial score (nSPS) is 10.1. The Balaban J connectivity index is 2.07. The van der Waals surface area contributed by atoms with E-state index in [0.29, 0.717) is 0 Å². The van der Waals surface area contributed by atoms with E-state index in [1.807, 2.05) is 6.07 Å². The molecule has 0 fully saturated rings. The summed E-state index contributed by atoms with van der Waals surface area (Å²) in [7, 11) is 0. The van der Waals surface area contributed by atoms with E-state index in [4.69, 9.17) is 5.26 Å². The van der Waals surface area contributed by atoms with Crippen LogP contribution in [0.15, 0.2) is 6.33 Å². The van der Waals surface area contributed by atoms with Crippen LogP contribution in [0.4, 0.5) is 0 Å². The summed E-state index contributed by atoms with van der Waals surface area (Å²) in [5.41, 5.74) is 0. The third kappa shape index (κ3) is 4.59. The number of aromatic nitrogens is 3. The summed E-state index contributed by atoms with van der Waals surface area (Å²) in [6.07, 6.45) is 9.24. The van der Waals surface area contributed by atoms with Gasteiger partial charge in [0.05, 0.1) is 0 Å². The first-order chi connectivity index (χ1) is 7.36. The van der Waals surface area contributed by atoms with Crippen molar-refractivity contribution in [3.8, 4) is 6.07 Å². The summed E-state index contributed by atoms with van der Waals surface area (Å²) < 4.78 is 1.75. The lowest BCUT2D eigenvalue weighted by Crippen LogP contribution is -1.98. The molecule has 1 heterocycles. The minimum Gasteiger partial charge on any atom is -0.252 e. The molecule has 0 saturated carbocycles. The third-order valence-electron chi connectivity index (χ3n) is 2.38. The van der Waals surface area contributed by atoms with Crippen molar-refractivity contribution in [3.63, 3.8) is 0 Å². The van der Waals surface area contributed by atoms with Crippen molar-refractivity contribution >= 4 is 0 Å². The lowest BCUT2D eigenvalue weighted by Gasteiger charge is -2.00. The predicted octanol–water partition coefficient (Wildman–Crippen LogP) is 2.51. The zero-order valence-corrected chi connectivity index (χ0v) is 9.32. The van der Waals surface area contributed by atoms with Crippen molar-refractivity contribution < 1.29 is 0 Å². The monoisotopic (exact) mass is 206 g/mol. The molecular formula is C11H18N4. The molecule has 82 valence electrons. The Kier molecular flexibility index (Phi) is 5.46. The number of hydrogen-bond acceptors (Lipinski definition) is 3. The topological polar surface area (TPSA) is 54.5 Å². The second kappa shape index (κ2) is 6.99. The van der Waals surface area contributed by atoms with Gasteiger partial charge in [0.15, 0.2) is 0 Å². The molecule has 0 aliphatic heterocycles. The predicted molar refractivity (Wildman–Crippen MR) is 58.1 cm³/mol. The van der Waals surface area contributed by atoms with Gasteiger partial charge >= 0.3 is 0 Å². The summed E-state index contributed by atoms with van der Waals surface area (Å²) in [4.78, 5) is 3.85. The number of rotatable bonds is 7. The molecule has 0 saturated heterocycles. The van der Waals surface area contributed by atoms with Crippen molar-refractivity contribution in [2.24, 2.45) is 0 Å². The molecule has 1 rings (SSSR count). The van der Waals surface area contributed by atoms with E-state index in [1.54, 1.807) is 11.0 Å². The van der Waals surface area contributed by atoms with Crippen LogP contribution in [0.3, 0.4) is 0 Å². The van der Waals surface area contributed by atoms with E-state index in [9.17, 15) is 0 Å². The minimum absolute atomic E-state index is 0.265. The molecule has 1 aromatic heterocycles. The van der Waals surface area contributed by atoms with Gasteiger partial charge in [-0.05, 0) is 6.42 Å². The van der Waals surface area contributed by atoms with Gasteiger partial charge in [-0.3, -0.25) is 4.68 Å². The summed E-state index contributed by atoms with van der Waals surface area (Å²) in [5.74, 6) is 0.265. The first kappa shape index (κ1) is 11.7. The highest BCUT2D eigenvalue weighted by Gasteiger charge is 1.97. The molecule has 1 aromatic rings. The van der Waals surface area contributed by atoms with Crippen LogP contribution in [0.5, 0.6) is 0 Å². The molecule has 0 unspecified atom stereocenters. The van der Waals surface area contributed by atoms with Gasteiger partial charge in [0.2, 0.25) is 0 Å². The van der Waals surface area contributed by atoms with Crippen molar-refractivity contribution in [1.29, 1.82) is 5.26 Å². The Morgan fingerprint density at radius 3 is 2.67 bits per heavy atom. The molecule has 0 aliphatic carbocycles. The van der Waals surface area contributed by atoms with Crippen LogP contribution in [0, 0.1) is 11.3 Å². The van der Waals surface area contributed by atoms with Gasteiger partial charge in [0.25, 0.3) is 5.82 Å². The van der Waals surface area contributed by atoms with Gasteiger partial charge in [-0.2, -0.15) is 5.26 Å². The Morgan fingerprint density at radius 1 is 1.27 bits per heavy atom. The highest BCUT2D eigenvalue weighted by molar-refractivity contribution is 5.05. The van der Waals surface area contributed by atoms with Crippen LogP contribution in [0.25, 0.3) is 0 Å². The maximum atomic E-state index is 8.53. The summed E-state index contributed by atoms with van der Waals surface area (Å²) >= 11 is 0. The summed E-state index contributed by atoms with van der Waals surface area (Å²) in [6.45, 7) is 3.10. The molecule has 0 aliphatic rings. The molecule has 0 N–H and O–H groups in total. The van der Waals surface area contributed by atoms with Crippen molar-refractivity contribution in [1.82, 2.24) is 14.8 Å². The number of nitrogens with zero attached hydrogens (tertiary/aromatic N) is 4. The highest BCUT2D eigenvalue weighted by atomic mass is 15.3. The first-order valence-electron chi connectivity index (χ1n) is 5.66. The Labute approximate surface area is 90.9 Å². The molecule has 0 aromatic carbocycles. The zero-order valence-electron chi connectivity index (χ0n) is 9.32. The van der Waals surface area contributed by atoms with Crippen LogP contribution in [0.2, 0.25) is 0 Å². The third-order valence-corrected chi connectivity index (χ3v) is 2.38. The fraction of sp³-hybridized carbons (Fsp3) is 0.727. The van der Waals surface area contributed by atoms with Crippen LogP contribution in [-0.4, -0.2) is 14.8 Å². The Hall–Kier alpha value is -1.37. The van der Waals surface area contributed by atoms with E-state index >= 15 is 0 Å². The maximum absolute atomic E-state index is 8.53. The largest absolute Gasteiger partial charge is 0.252 e. The van der Waals surface area contributed by atoms with Crippen molar-refractivity contribution in [3.05, 3.63) is 12.2 Å². The number of aryl methyl sites for hydroxylation is 1. The fourth-order valence-corrected chi connectivity index (χ4v) is 1.51. The first-order valence-corrected chi connectivity index (χ1v) is 5.66. The average molecular weight is 206 g/mol. The van der Waals surface area contributed by atoms with Crippen molar-refractivity contribution in [2.75, 3.05) is 0 Å². The molecule has 4 heteroatoms. The summed E-state index contributed by atoms with van der Waals surface area (Å²) in [5, 5.41) is 12.5. The van der Waals surface area contributed by atoms with Gasteiger partial charge in [0, 0.05) is 6.54 Å². The van der Waals surface area contributed by atoms with E-state index < -0.39 is 0 Å². The van der Waals surface area contributed by atoms with E-state index in [2.05, 4.69) is 17.0 Å². The van der Waals surface area contributed by atoms with Crippen LogP contribution >= 0.6 is 0 Å². The van der Waals surface area contributed by atoms with Gasteiger partial charge in [-0.1, -0.05) is 39.0 Å². The fourth-order valence-electron chi connectivity index (χ4n) is 1.51. The van der Waals surface area contributed by atoms with E-state index in [1.165, 1.54) is 32.1 Å². The molecule has 4 nitrogen and oxygen atoms in total. The average Bonchev–Trinajstić information content (AvgIpc) is 2.71. The highest BCUT2D eigenvalue weighted by Crippen LogP contribution is 2.05. The number of nitriles is 1. The lowest BCUT2D eigenvalue weighted by atomic mass is 10.1. The smallest absolute Gasteiger partial charge is 0.252 e. The Bertz CT molecular complexity index is 311. The number of unbranched alkanes of at least 4 members (excludes halogenated alkanes) is 5. The Morgan fingerprint density at radius 2 is 2.00 bits per heavy atom. The second-order valence-electron chi connectivity index (χ2n) is 3.71. The van der Waals surface area contributed by atoms with E-state index in [0.717, 1.165) is 13.0 Å². The second-order valence-corrected chi connectivity index (χ2v) is 3.71. The molecule has 0 bridgehead atoms. The van der Waals surface area contributed by atoms with Crippen molar-refractivity contribution in [2.45, 2.75) is 52.0 Å². The van der Waals surface area contributed by atoms with Gasteiger partial charge < -0.3 is 0 Å². The quantitative estimate of drug-likeness (QED) is 0.644. The maximum Gasteiger partial charge on any atom is 0.252 e. The molecular weight excluding hydrogens is 188 g/mol. The standard InChI is InChI=1S/C11H18N4/c1-2-3-4-5-6-7-8-15-10-13-11(9-12)14-15/h10H,2-8H2,1H3. The lowest BCUT2D eigenvalue weighted by molar-refractivity contribution is 0.526. The molecule has 0 atom stereocenters. The van der Waals surface area contributed by atoms with Crippen LogP contribution in [-0.2, 0) is 6.54 Å². The molecule has 15 heavy (non-hydrogen) atoms. The molecule has 0 radical (unpaired) electrons. The van der Waals surface area contributed by atoms with E-state index in [-0.39, 0.29) is 5.82 Å². The van der Waals surface area contributed by atoms with Crippen LogP contribution in [0.1, 0.15) is 51.3 Å². The summed E-state index contributed by atoms with van der Waals surface area (Å²) in [6, 6.07) is 1.92. The van der Waals surface area contributed by atoms with Gasteiger partial charge in [-0.25, -0.2) is 4.98 Å². The van der Waals surface area contributed by atoms with Gasteiger partial charge in [-0.15, -0.1) is 5.10 Å². The zero-order chi connectivity index (χ0) is 10.9. The van der Waals surface area contributed by atoms with Crippen LogP contribution < -0.4 is 0 Å². The van der Waals surface area contributed by atoms with Gasteiger partial charge in [0.1, 0.15) is 12.4 Å². The molecule has 0 amide bonds. The molecule has 0 spiro atoms. The SMILES string of the molecule is CCCCCCCCn1cnc(C#N)n1. The number of hydrogen-bond donors (Lipinski definition) is 0.